The maximum Gasteiger partial charge on any atom is 0.254 e. The van der Waals surface area contributed by atoms with Crippen LogP contribution in [0.2, 0.25) is 0 Å². The molecule has 7 nitrogen and oxygen atoms in total. The molecule has 1 aliphatic rings. The lowest BCUT2D eigenvalue weighted by Crippen LogP contribution is -2.33. The van der Waals surface area contributed by atoms with E-state index in [-0.39, 0.29) is 30.3 Å². The molecule has 8 heteroatoms. The minimum atomic E-state index is -0.357. The summed E-state index contributed by atoms with van der Waals surface area (Å²) in [6.07, 6.45) is 2.46. The zero-order chi connectivity index (χ0) is 22.8. The van der Waals surface area contributed by atoms with Crippen molar-refractivity contribution in [2.45, 2.75) is 51.0 Å². The lowest BCUT2D eigenvalue weighted by molar-refractivity contribution is -0.197. The maximum absolute atomic E-state index is 13.3. The van der Waals surface area contributed by atoms with Crippen LogP contribution in [-0.2, 0) is 16.0 Å². The predicted octanol–water partition coefficient (Wildman–Crippen LogP) is 3.92. The van der Waals surface area contributed by atoms with Crippen LogP contribution in [0.1, 0.15) is 46.7 Å². The molecular weight excluding hydrogens is 426 g/mol. The second kappa shape index (κ2) is 9.52. The van der Waals surface area contributed by atoms with E-state index in [0.29, 0.717) is 24.3 Å². The van der Waals surface area contributed by atoms with Gasteiger partial charge in [-0.1, -0.05) is 18.2 Å². The van der Waals surface area contributed by atoms with Crippen LogP contribution >= 0.6 is 11.8 Å². The number of para-hydroxylation sites is 1. The number of aryl methyl sites for hydroxylation is 1. The minimum absolute atomic E-state index is 0.0928. The van der Waals surface area contributed by atoms with Crippen molar-refractivity contribution in [2.24, 2.45) is 0 Å². The van der Waals surface area contributed by atoms with Gasteiger partial charge in [-0.25, -0.2) is 0 Å². The van der Waals surface area contributed by atoms with Gasteiger partial charge in [0.25, 0.3) is 11.5 Å². The summed E-state index contributed by atoms with van der Waals surface area (Å²) in [6.45, 7) is 7.34. The molecule has 3 aromatic rings. The van der Waals surface area contributed by atoms with E-state index >= 15 is 0 Å². The molecule has 1 amide bonds. The number of nitrogens with one attached hydrogen (secondary N) is 2. The number of thioether (sulfide) groups is 1. The van der Waals surface area contributed by atoms with Crippen LogP contribution in [0.25, 0.3) is 10.9 Å². The fourth-order valence-electron chi connectivity index (χ4n) is 4.40. The average Bonchev–Trinajstić information content (AvgIpc) is 3.09. The Kier molecular flexibility index (Phi) is 6.74. The first kappa shape index (κ1) is 22.6. The van der Waals surface area contributed by atoms with Gasteiger partial charge in [0.05, 0.1) is 24.8 Å². The first-order valence-electron chi connectivity index (χ1n) is 10.8. The maximum atomic E-state index is 13.3. The third-order valence-corrected chi connectivity index (χ3v) is 6.72. The Morgan fingerprint density at radius 2 is 2.00 bits per heavy atom. The molecule has 1 aromatic carbocycles. The highest BCUT2D eigenvalue weighted by molar-refractivity contribution is 7.98. The fraction of sp³-hybridized carbons (Fsp3) is 0.417. The first-order chi connectivity index (χ1) is 15.4. The van der Waals surface area contributed by atoms with Gasteiger partial charge in [-0.15, -0.1) is 11.8 Å². The molecule has 2 N–H and O–H groups in total. The molecular formula is C24H29N3O4S. The second-order valence-electron chi connectivity index (χ2n) is 8.06. The molecule has 1 atom stereocenters. The number of pyridine rings is 1. The second-order valence-corrected chi connectivity index (χ2v) is 8.91. The molecule has 0 radical (unpaired) electrons. The summed E-state index contributed by atoms with van der Waals surface area (Å²) in [4.78, 5) is 29.5. The number of carbonyl (C=O) groups is 1. The number of amides is 1. The highest BCUT2D eigenvalue weighted by Crippen LogP contribution is 2.32. The van der Waals surface area contributed by atoms with Crippen LogP contribution in [0.4, 0.5) is 0 Å². The van der Waals surface area contributed by atoms with E-state index in [1.807, 2.05) is 57.4 Å². The summed E-state index contributed by atoms with van der Waals surface area (Å²) in [7, 11) is 0. The lowest BCUT2D eigenvalue weighted by atomic mass is 10.1. The van der Waals surface area contributed by atoms with Crippen molar-refractivity contribution < 1.29 is 14.3 Å². The van der Waals surface area contributed by atoms with Gasteiger partial charge in [-0.3, -0.25) is 9.59 Å². The summed E-state index contributed by atoms with van der Waals surface area (Å²) in [6, 6.07) is 9.69. The Bertz CT molecular complexity index is 1190. The van der Waals surface area contributed by atoms with Crippen LogP contribution in [0, 0.1) is 13.8 Å². The Balaban J connectivity index is 1.67. The van der Waals surface area contributed by atoms with E-state index in [1.165, 1.54) is 11.8 Å². The monoisotopic (exact) mass is 455 g/mol. The van der Waals surface area contributed by atoms with Gasteiger partial charge in [-0.2, -0.15) is 0 Å². The fourth-order valence-corrected chi connectivity index (χ4v) is 5.11. The highest BCUT2D eigenvalue weighted by atomic mass is 32.2. The number of hydrogen-bond acceptors (Lipinski definition) is 5. The van der Waals surface area contributed by atoms with Gasteiger partial charge < -0.3 is 24.3 Å². The minimum Gasteiger partial charge on any atom is -0.350 e. The summed E-state index contributed by atoms with van der Waals surface area (Å²) >= 11 is 1.50. The van der Waals surface area contributed by atoms with E-state index in [9.17, 15) is 9.59 Å². The van der Waals surface area contributed by atoms with Gasteiger partial charge >= 0.3 is 0 Å². The van der Waals surface area contributed by atoms with Crippen molar-refractivity contribution in [1.29, 1.82) is 0 Å². The Morgan fingerprint density at radius 1 is 1.28 bits per heavy atom. The largest absolute Gasteiger partial charge is 0.350 e. The molecule has 0 spiro atoms. The number of fused-ring (bicyclic) bond motifs is 1. The normalized spacial score (nSPS) is 15.8. The third-order valence-electron chi connectivity index (χ3n) is 5.91. The molecule has 1 aliphatic heterocycles. The molecule has 1 unspecified atom stereocenters. The van der Waals surface area contributed by atoms with Crippen LogP contribution in [0.3, 0.4) is 0 Å². The molecule has 1 saturated heterocycles. The smallest absolute Gasteiger partial charge is 0.254 e. The number of carbonyl (C=O) groups excluding carboxylic acids is 1. The van der Waals surface area contributed by atoms with E-state index in [2.05, 4.69) is 14.9 Å². The quantitative estimate of drug-likeness (QED) is 0.550. The van der Waals surface area contributed by atoms with Gasteiger partial charge in [0.15, 0.2) is 6.29 Å². The topological polar surface area (TPSA) is 85.4 Å². The number of ether oxygens (including phenoxy) is 2. The third kappa shape index (κ3) is 4.22. The summed E-state index contributed by atoms with van der Waals surface area (Å²) in [5.41, 5.74) is 3.60. The zero-order valence-electron chi connectivity index (χ0n) is 18.9. The number of H-pyrrole nitrogens is 1. The predicted molar refractivity (Wildman–Crippen MR) is 126 cm³/mol. The van der Waals surface area contributed by atoms with Crippen molar-refractivity contribution >= 4 is 28.6 Å². The summed E-state index contributed by atoms with van der Waals surface area (Å²) < 4.78 is 13.8. The van der Waals surface area contributed by atoms with E-state index in [1.54, 1.807) is 0 Å². The Morgan fingerprint density at radius 3 is 2.72 bits per heavy atom. The zero-order valence-corrected chi connectivity index (χ0v) is 19.7. The van der Waals surface area contributed by atoms with Crippen molar-refractivity contribution in [3.8, 4) is 0 Å². The van der Waals surface area contributed by atoms with E-state index in [0.717, 1.165) is 33.6 Å². The number of hydrogen-bond donors (Lipinski definition) is 2. The molecule has 32 heavy (non-hydrogen) atoms. The molecule has 0 bridgehead atoms. The number of nitrogens with zero attached hydrogens (tertiary/aromatic N) is 1. The van der Waals surface area contributed by atoms with E-state index < -0.39 is 0 Å². The van der Waals surface area contributed by atoms with Gasteiger partial charge in [0.2, 0.25) is 0 Å². The molecule has 170 valence electrons. The van der Waals surface area contributed by atoms with Gasteiger partial charge in [0, 0.05) is 39.3 Å². The SMILES string of the molecule is CSc1cc(C)[nH]c(=O)c1CNC(=O)c1c(C)n(C(C)C2OCCCO2)c2ccccc12. The molecule has 3 heterocycles. The summed E-state index contributed by atoms with van der Waals surface area (Å²) in [5.74, 6) is -0.206. The Labute approximate surface area is 191 Å². The Hall–Kier alpha value is -2.55. The van der Waals surface area contributed by atoms with Crippen molar-refractivity contribution in [3.63, 3.8) is 0 Å². The average molecular weight is 456 g/mol. The molecule has 1 fully saturated rings. The van der Waals surface area contributed by atoms with Gasteiger partial charge in [-0.05, 0) is 45.6 Å². The van der Waals surface area contributed by atoms with Crippen LogP contribution in [0.5, 0.6) is 0 Å². The molecule has 0 saturated carbocycles. The van der Waals surface area contributed by atoms with Crippen molar-refractivity contribution in [3.05, 3.63) is 63.2 Å². The van der Waals surface area contributed by atoms with Crippen LogP contribution in [-0.4, -0.2) is 41.2 Å². The number of benzene rings is 1. The lowest BCUT2D eigenvalue weighted by Gasteiger charge is -2.30. The standard InChI is InChI=1S/C24H29N3O4S/c1-14-12-20(32-4)18(22(28)26-14)13-25-23(29)21-15(2)27(19-9-6-5-8-17(19)21)16(3)24-30-10-7-11-31-24/h5-6,8-9,12,16,24H,7,10-11,13H2,1-4H3,(H,25,29)(H,26,28). The molecule has 2 aromatic heterocycles. The van der Waals surface area contributed by atoms with Gasteiger partial charge in [0.1, 0.15) is 0 Å². The van der Waals surface area contributed by atoms with Crippen molar-refractivity contribution in [1.82, 2.24) is 14.9 Å². The van der Waals surface area contributed by atoms with Crippen molar-refractivity contribution in [2.75, 3.05) is 19.5 Å². The number of aromatic amines is 1. The number of aromatic nitrogens is 2. The number of rotatable bonds is 6. The van der Waals surface area contributed by atoms with Crippen LogP contribution < -0.4 is 10.9 Å². The molecule has 0 aliphatic carbocycles. The highest BCUT2D eigenvalue weighted by Gasteiger charge is 2.28. The van der Waals surface area contributed by atoms with Crippen LogP contribution in [0.15, 0.2) is 40.0 Å². The molecule has 4 rings (SSSR count). The van der Waals surface area contributed by atoms with E-state index in [4.69, 9.17) is 9.47 Å². The first-order valence-corrected chi connectivity index (χ1v) is 12.0. The summed E-state index contributed by atoms with van der Waals surface area (Å²) in [5, 5.41) is 3.84.